The number of rotatable bonds is 6. The van der Waals surface area contributed by atoms with E-state index in [0.29, 0.717) is 33.9 Å². The average Bonchev–Trinajstić information content (AvgIpc) is 3.25. The van der Waals surface area contributed by atoms with Crippen molar-refractivity contribution in [3.8, 4) is 0 Å². The van der Waals surface area contributed by atoms with E-state index in [-0.39, 0.29) is 17.6 Å². The maximum Gasteiger partial charge on any atom is 0.257 e. The van der Waals surface area contributed by atoms with Crippen LogP contribution in [0.1, 0.15) is 42.5 Å². The summed E-state index contributed by atoms with van der Waals surface area (Å²) in [5, 5.41) is 5.62. The lowest BCUT2D eigenvalue weighted by Gasteiger charge is -2.12. The number of imidazole rings is 1. The summed E-state index contributed by atoms with van der Waals surface area (Å²) in [4.78, 5) is 42.2. The van der Waals surface area contributed by atoms with Crippen LogP contribution in [0.25, 0.3) is 0 Å². The molecule has 164 valence electrons. The molecule has 1 heterocycles. The van der Waals surface area contributed by atoms with Crippen LogP contribution >= 0.6 is 0 Å². The summed E-state index contributed by atoms with van der Waals surface area (Å²) >= 11 is 0. The first-order valence-electron chi connectivity index (χ1n) is 10.3. The minimum absolute atomic E-state index is 0.204. The number of carbonyl (C=O) groups is 3. The number of amides is 2. The molecule has 1 aromatic heterocycles. The molecule has 0 aliphatic carbocycles. The Balaban J connectivity index is 1.48. The second-order valence-corrected chi connectivity index (χ2v) is 7.59. The van der Waals surface area contributed by atoms with Gasteiger partial charge in [0.25, 0.3) is 11.8 Å². The largest absolute Gasteiger partial charge is 0.331 e. The number of aromatic nitrogens is 2. The zero-order valence-corrected chi connectivity index (χ0v) is 18.2. The van der Waals surface area contributed by atoms with Gasteiger partial charge in [0.05, 0.1) is 11.3 Å². The fraction of sp³-hybridized carbons (Fsp3) is 0.0769. The van der Waals surface area contributed by atoms with Crippen molar-refractivity contribution in [2.45, 2.75) is 6.92 Å². The molecule has 2 amide bonds. The van der Waals surface area contributed by atoms with E-state index in [1.165, 1.54) is 0 Å². The smallest absolute Gasteiger partial charge is 0.257 e. The molecule has 0 saturated carbocycles. The van der Waals surface area contributed by atoms with Gasteiger partial charge in [-0.1, -0.05) is 29.8 Å². The van der Waals surface area contributed by atoms with Gasteiger partial charge in [-0.25, -0.2) is 4.98 Å². The van der Waals surface area contributed by atoms with Crippen LogP contribution in [-0.4, -0.2) is 27.1 Å². The van der Waals surface area contributed by atoms with Crippen LogP contribution in [0, 0.1) is 6.92 Å². The summed E-state index contributed by atoms with van der Waals surface area (Å²) in [6.07, 6.45) is 3.27. The van der Waals surface area contributed by atoms with Crippen LogP contribution in [0.5, 0.6) is 0 Å². The second kappa shape index (κ2) is 9.32. The highest BCUT2D eigenvalue weighted by Crippen LogP contribution is 2.20. The van der Waals surface area contributed by atoms with E-state index in [4.69, 9.17) is 0 Å². The first-order chi connectivity index (χ1) is 15.9. The number of aryl methyl sites for hydroxylation is 2. The number of benzene rings is 3. The topological polar surface area (TPSA) is 93.1 Å². The Kier molecular flexibility index (Phi) is 6.13. The molecule has 3 aromatic carbocycles. The molecule has 0 aliphatic rings. The number of para-hydroxylation sites is 1. The monoisotopic (exact) mass is 438 g/mol. The first-order valence-corrected chi connectivity index (χ1v) is 10.3. The van der Waals surface area contributed by atoms with Crippen LogP contribution in [0.3, 0.4) is 0 Å². The van der Waals surface area contributed by atoms with Gasteiger partial charge in [0.15, 0.2) is 5.82 Å². The van der Waals surface area contributed by atoms with Gasteiger partial charge in [-0.3, -0.25) is 14.4 Å². The lowest BCUT2D eigenvalue weighted by atomic mass is 10.1. The van der Waals surface area contributed by atoms with Crippen LogP contribution < -0.4 is 10.6 Å². The predicted octanol–water partition coefficient (Wildman–Crippen LogP) is 4.46. The van der Waals surface area contributed by atoms with Gasteiger partial charge in [0.2, 0.25) is 5.78 Å². The first kappa shape index (κ1) is 21.7. The quantitative estimate of drug-likeness (QED) is 0.435. The van der Waals surface area contributed by atoms with Crippen molar-refractivity contribution in [3.05, 3.63) is 113 Å². The maximum absolute atomic E-state index is 12.9. The van der Waals surface area contributed by atoms with E-state index in [1.807, 2.05) is 19.1 Å². The number of carbonyl (C=O) groups excluding carboxylic acids is 3. The summed E-state index contributed by atoms with van der Waals surface area (Å²) in [6.45, 7) is 1.91. The van der Waals surface area contributed by atoms with Crippen LogP contribution in [0.2, 0.25) is 0 Å². The molecule has 2 N–H and O–H groups in total. The Bertz CT molecular complexity index is 1340. The van der Waals surface area contributed by atoms with Gasteiger partial charge in [0, 0.05) is 36.3 Å². The lowest BCUT2D eigenvalue weighted by molar-refractivity contribution is 0.101. The van der Waals surface area contributed by atoms with E-state index in [9.17, 15) is 14.4 Å². The van der Waals surface area contributed by atoms with Gasteiger partial charge in [-0.2, -0.15) is 0 Å². The third-order valence-electron chi connectivity index (χ3n) is 5.13. The summed E-state index contributed by atoms with van der Waals surface area (Å²) in [5.41, 5.74) is 3.20. The van der Waals surface area contributed by atoms with Crippen molar-refractivity contribution < 1.29 is 14.4 Å². The Morgan fingerprint density at radius 2 is 1.58 bits per heavy atom. The Morgan fingerprint density at radius 3 is 2.27 bits per heavy atom. The van der Waals surface area contributed by atoms with Crippen LogP contribution in [-0.2, 0) is 7.05 Å². The van der Waals surface area contributed by atoms with Crippen LogP contribution in [0.15, 0.2) is 85.2 Å². The van der Waals surface area contributed by atoms with E-state index in [1.54, 1.807) is 84.7 Å². The molecule has 0 radical (unpaired) electrons. The highest BCUT2D eigenvalue weighted by molar-refractivity contribution is 6.13. The minimum atomic E-state index is -0.377. The highest BCUT2D eigenvalue weighted by atomic mass is 16.2. The van der Waals surface area contributed by atoms with Crippen molar-refractivity contribution in [1.82, 2.24) is 9.55 Å². The average molecular weight is 438 g/mol. The number of hydrogen-bond donors (Lipinski definition) is 2. The van der Waals surface area contributed by atoms with Gasteiger partial charge >= 0.3 is 0 Å². The SMILES string of the molecule is Cc1cccc(C(=O)Nc2ccccc2C(=O)Nc2ccc(C(=O)c3nccn3C)cc2)c1. The summed E-state index contributed by atoms with van der Waals surface area (Å²) in [5.74, 6) is -0.538. The fourth-order valence-corrected chi connectivity index (χ4v) is 3.39. The van der Waals surface area contributed by atoms with Crippen molar-refractivity contribution in [3.63, 3.8) is 0 Å². The third-order valence-corrected chi connectivity index (χ3v) is 5.13. The van der Waals surface area contributed by atoms with E-state index < -0.39 is 0 Å². The molecular formula is C26H22N4O3. The molecule has 0 aliphatic heterocycles. The summed E-state index contributed by atoms with van der Waals surface area (Å²) in [7, 11) is 1.75. The maximum atomic E-state index is 12.9. The lowest BCUT2D eigenvalue weighted by Crippen LogP contribution is -2.18. The molecule has 7 nitrogen and oxygen atoms in total. The molecule has 0 saturated heterocycles. The molecule has 0 fully saturated rings. The minimum Gasteiger partial charge on any atom is -0.331 e. The number of nitrogens with one attached hydrogen (secondary N) is 2. The van der Waals surface area contributed by atoms with Crippen molar-refractivity contribution in [1.29, 1.82) is 0 Å². The Hall–Kier alpha value is -4.52. The van der Waals surface area contributed by atoms with E-state index in [2.05, 4.69) is 15.6 Å². The highest BCUT2D eigenvalue weighted by Gasteiger charge is 2.16. The van der Waals surface area contributed by atoms with E-state index in [0.717, 1.165) is 5.56 Å². The van der Waals surface area contributed by atoms with Gasteiger partial charge in [0.1, 0.15) is 0 Å². The number of nitrogens with zero attached hydrogens (tertiary/aromatic N) is 2. The summed E-state index contributed by atoms with van der Waals surface area (Å²) < 4.78 is 1.65. The third kappa shape index (κ3) is 4.88. The molecule has 4 rings (SSSR count). The molecule has 0 unspecified atom stereocenters. The van der Waals surface area contributed by atoms with E-state index >= 15 is 0 Å². The molecule has 0 atom stereocenters. The second-order valence-electron chi connectivity index (χ2n) is 7.59. The molecule has 0 bridgehead atoms. The van der Waals surface area contributed by atoms with Crippen LogP contribution in [0.4, 0.5) is 11.4 Å². The normalized spacial score (nSPS) is 10.5. The molecular weight excluding hydrogens is 416 g/mol. The number of hydrogen-bond acceptors (Lipinski definition) is 4. The fourth-order valence-electron chi connectivity index (χ4n) is 3.39. The van der Waals surface area contributed by atoms with Crippen molar-refractivity contribution in [2.24, 2.45) is 7.05 Å². The Morgan fingerprint density at radius 1 is 0.818 bits per heavy atom. The zero-order valence-electron chi connectivity index (χ0n) is 18.2. The molecule has 33 heavy (non-hydrogen) atoms. The standard InChI is InChI=1S/C26H22N4O3/c1-17-6-5-7-19(16-17)25(32)29-22-9-4-3-8-21(22)26(33)28-20-12-10-18(11-13-20)23(31)24-27-14-15-30(24)2/h3-16H,1-2H3,(H,28,33)(H,29,32). The zero-order chi connectivity index (χ0) is 23.4. The van der Waals surface area contributed by atoms with Gasteiger partial charge in [-0.05, 0) is 55.5 Å². The van der Waals surface area contributed by atoms with Crippen molar-refractivity contribution in [2.75, 3.05) is 10.6 Å². The number of anilines is 2. The molecule has 7 heteroatoms. The predicted molar refractivity (Wildman–Crippen MR) is 127 cm³/mol. The Labute approximate surface area is 191 Å². The van der Waals surface area contributed by atoms with Gasteiger partial charge < -0.3 is 15.2 Å². The summed E-state index contributed by atoms with van der Waals surface area (Å²) in [6, 6.07) is 20.6. The molecule has 0 spiro atoms. The molecule has 4 aromatic rings. The van der Waals surface area contributed by atoms with Gasteiger partial charge in [-0.15, -0.1) is 0 Å². The van der Waals surface area contributed by atoms with Crippen molar-refractivity contribution >= 4 is 29.0 Å². The number of ketones is 1.